The number of hydrogen-bond acceptors (Lipinski definition) is 6. The Hall–Kier alpha value is -2.65. The van der Waals surface area contributed by atoms with Gasteiger partial charge in [-0.1, -0.05) is 6.08 Å². The van der Waals surface area contributed by atoms with Crippen LogP contribution in [0.3, 0.4) is 0 Å². The number of amides is 2. The van der Waals surface area contributed by atoms with Crippen LogP contribution in [0.15, 0.2) is 40.4 Å². The van der Waals surface area contributed by atoms with E-state index in [1.54, 1.807) is 12.3 Å². The average molecular weight is 402 g/mol. The lowest BCUT2D eigenvalue weighted by molar-refractivity contribution is -0.113. The Morgan fingerprint density at radius 1 is 1.32 bits per heavy atom. The van der Waals surface area contributed by atoms with Crippen molar-refractivity contribution >= 4 is 35.0 Å². The summed E-state index contributed by atoms with van der Waals surface area (Å²) in [6.45, 7) is 2.16. The summed E-state index contributed by atoms with van der Waals surface area (Å²) in [5.41, 5.74) is 3.66. The zero-order valence-electron chi connectivity index (χ0n) is 15.1. The number of carbonyl (C=O) groups excluding carboxylic acids is 2. The highest BCUT2D eigenvalue weighted by atomic mass is 32.2. The number of nitrogens with one attached hydrogen (secondary N) is 1. The van der Waals surface area contributed by atoms with Crippen LogP contribution < -0.4 is 10.2 Å². The first-order chi connectivity index (χ1) is 13.6. The van der Waals surface area contributed by atoms with Crippen molar-refractivity contribution < 1.29 is 18.7 Å². The second kappa shape index (κ2) is 8.15. The molecule has 0 saturated carbocycles. The van der Waals surface area contributed by atoms with Gasteiger partial charge in [0.25, 0.3) is 5.91 Å². The van der Waals surface area contributed by atoms with Gasteiger partial charge in [-0.2, -0.15) is 4.99 Å². The third-order valence-corrected chi connectivity index (χ3v) is 5.47. The fourth-order valence-electron chi connectivity index (χ4n) is 3.02. The van der Waals surface area contributed by atoms with E-state index in [4.69, 9.17) is 4.74 Å². The van der Waals surface area contributed by atoms with Crippen molar-refractivity contribution in [3.63, 3.8) is 0 Å². The van der Waals surface area contributed by atoms with Gasteiger partial charge in [0.2, 0.25) is 0 Å². The van der Waals surface area contributed by atoms with Crippen LogP contribution in [0.2, 0.25) is 0 Å². The molecule has 2 amide bonds. The Kier molecular flexibility index (Phi) is 5.45. The van der Waals surface area contributed by atoms with Gasteiger partial charge in [-0.3, -0.25) is 14.7 Å². The first-order valence-electron chi connectivity index (χ1n) is 9.08. The Morgan fingerprint density at radius 3 is 2.96 bits per heavy atom. The molecule has 0 bridgehead atoms. The Labute approximate surface area is 165 Å². The zero-order valence-corrected chi connectivity index (χ0v) is 15.9. The maximum Gasteiger partial charge on any atom is 0.419 e. The van der Waals surface area contributed by atoms with Gasteiger partial charge < -0.3 is 4.74 Å². The van der Waals surface area contributed by atoms with Gasteiger partial charge in [0.15, 0.2) is 5.17 Å². The van der Waals surface area contributed by atoms with Crippen LogP contribution in [-0.4, -0.2) is 46.7 Å². The van der Waals surface area contributed by atoms with Crippen LogP contribution >= 0.6 is 11.8 Å². The van der Waals surface area contributed by atoms with Crippen LogP contribution in [0.5, 0.6) is 5.75 Å². The van der Waals surface area contributed by atoms with E-state index >= 15 is 0 Å². The van der Waals surface area contributed by atoms with Crippen LogP contribution in [0.25, 0.3) is 6.08 Å². The molecule has 4 rings (SSSR count). The van der Waals surface area contributed by atoms with E-state index < -0.39 is 11.9 Å². The molecule has 3 aliphatic heterocycles. The number of amidine groups is 1. The molecule has 0 spiro atoms. The molecule has 146 valence electrons. The minimum Gasteiger partial charge on any atom is -0.409 e. The summed E-state index contributed by atoms with van der Waals surface area (Å²) < 4.78 is 19.1. The molecule has 0 aromatic heterocycles. The number of hydrazine groups is 1. The molecular weight excluding hydrogens is 383 g/mol. The lowest BCUT2D eigenvalue weighted by Crippen LogP contribution is -2.45. The summed E-state index contributed by atoms with van der Waals surface area (Å²) in [7, 11) is 0. The van der Waals surface area contributed by atoms with Gasteiger partial charge in [0, 0.05) is 37.5 Å². The summed E-state index contributed by atoms with van der Waals surface area (Å²) in [5.74, 6) is -0.825. The Morgan fingerprint density at radius 2 is 2.21 bits per heavy atom. The lowest BCUT2D eigenvalue weighted by atomic mass is 10.2. The van der Waals surface area contributed by atoms with Crippen molar-refractivity contribution in [1.82, 2.24) is 15.3 Å². The molecule has 7 nitrogen and oxygen atoms in total. The third-order valence-electron chi connectivity index (χ3n) is 4.47. The number of benzene rings is 1. The normalized spacial score (nSPS) is 20.8. The largest absolute Gasteiger partial charge is 0.419 e. The average Bonchev–Trinajstić information content (AvgIpc) is 3.35. The Balaban J connectivity index is 1.53. The highest BCUT2D eigenvalue weighted by Crippen LogP contribution is 2.33. The van der Waals surface area contributed by atoms with Gasteiger partial charge in [0.1, 0.15) is 11.6 Å². The summed E-state index contributed by atoms with van der Waals surface area (Å²) >= 11 is 1.25. The van der Waals surface area contributed by atoms with E-state index in [1.165, 1.54) is 28.8 Å². The number of halogens is 1. The summed E-state index contributed by atoms with van der Waals surface area (Å²) in [6, 6.07) is 3.88. The quantitative estimate of drug-likeness (QED) is 0.767. The van der Waals surface area contributed by atoms with Crippen LogP contribution in [0.1, 0.15) is 24.8 Å². The molecule has 9 heteroatoms. The monoisotopic (exact) mass is 402 g/mol. The highest BCUT2D eigenvalue weighted by Gasteiger charge is 2.27. The smallest absolute Gasteiger partial charge is 0.409 e. The molecule has 1 aromatic rings. The molecule has 0 aliphatic carbocycles. The van der Waals surface area contributed by atoms with Crippen LogP contribution in [-0.2, 0) is 4.79 Å². The topological polar surface area (TPSA) is 74.2 Å². The number of hydrogen-bond donors (Lipinski definition) is 1. The first kappa shape index (κ1) is 18.7. The van der Waals surface area contributed by atoms with E-state index in [9.17, 15) is 14.0 Å². The standard InChI is InChI=1S/C19H19FN4O3S/c20-14-6-5-13(15(12-14)27-19(26)23-8-3-4-9-23)11-16-17(25)22-18(28-16)24-10-2-1-7-21-24/h3,5-6,8,11-12,21H,1-2,4,7,9-10H2/b16-11+. The van der Waals surface area contributed by atoms with Crippen LogP contribution in [0.4, 0.5) is 9.18 Å². The second-order valence-corrected chi connectivity index (χ2v) is 7.50. The van der Waals surface area contributed by atoms with E-state index in [0.29, 0.717) is 22.2 Å². The molecule has 0 radical (unpaired) electrons. The minimum atomic E-state index is -0.584. The number of ether oxygens (including phenoxy) is 1. The van der Waals surface area contributed by atoms with Crippen molar-refractivity contribution in [3.8, 4) is 5.75 Å². The second-order valence-electron chi connectivity index (χ2n) is 6.49. The molecule has 0 atom stereocenters. The third kappa shape index (κ3) is 4.10. The maximum atomic E-state index is 13.7. The number of rotatable bonds is 2. The molecule has 3 heterocycles. The number of nitrogens with zero attached hydrogens (tertiary/aromatic N) is 3. The lowest BCUT2D eigenvalue weighted by Gasteiger charge is -2.28. The van der Waals surface area contributed by atoms with E-state index in [0.717, 1.165) is 38.4 Å². The molecular formula is C19H19FN4O3S. The molecule has 1 N–H and O–H groups in total. The van der Waals surface area contributed by atoms with Crippen LogP contribution in [0, 0.1) is 5.82 Å². The summed E-state index contributed by atoms with van der Waals surface area (Å²) in [6.07, 6.45) is 7.36. The highest BCUT2D eigenvalue weighted by molar-refractivity contribution is 8.18. The molecule has 1 saturated heterocycles. The number of thioether (sulfide) groups is 1. The van der Waals surface area contributed by atoms with Gasteiger partial charge >= 0.3 is 6.09 Å². The number of aliphatic imine (C=N–C) groups is 1. The fraction of sp³-hybridized carbons (Fsp3) is 0.316. The minimum absolute atomic E-state index is 0.0655. The van der Waals surface area contributed by atoms with Gasteiger partial charge in [0.05, 0.1) is 4.91 Å². The zero-order chi connectivity index (χ0) is 19.5. The maximum absolute atomic E-state index is 13.7. The predicted octanol–water partition coefficient (Wildman–Crippen LogP) is 3.11. The van der Waals surface area contributed by atoms with E-state index in [2.05, 4.69) is 10.4 Å². The Bertz CT molecular complexity index is 893. The summed E-state index contributed by atoms with van der Waals surface area (Å²) in [5, 5.41) is 2.47. The van der Waals surface area contributed by atoms with Crippen molar-refractivity contribution in [1.29, 1.82) is 0 Å². The SMILES string of the molecule is O=C1N=C(N2CCCCN2)S/C1=C/c1ccc(F)cc1OC(=O)N1C=CCC1. The van der Waals surface area contributed by atoms with Crippen molar-refractivity contribution in [2.24, 2.45) is 4.99 Å². The van der Waals surface area contributed by atoms with Gasteiger partial charge in [-0.15, -0.1) is 0 Å². The molecule has 28 heavy (non-hydrogen) atoms. The van der Waals surface area contributed by atoms with Gasteiger partial charge in [-0.05, 0) is 49.2 Å². The predicted molar refractivity (Wildman–Crippen MR) is 105 cm³/mol. The molecule has 0 unspecified atom stereocenters. The van der Waals surface area contributed by atoms with Crippen molar-refractivity contribution in [2.45, 2.75) is 19.3 Å². The first-order valence-corrected chi connectivity index (χ1v) is 9.90. The van der Waals surface area contributed by atoms with E-state index in [-0.39, 0.29) is 11.7 Å². The fourth-order valence-corrected chi connectivity index (χ4v) is 3.93. The molecule has 1 fully saturated rings. The van der Waals surface area contributed by atoms with Crippen molar-refractivity contribution in [2.75, 3.05) is 19.6 Å². The summed E-state index contributed by atoms with van der Waals surface area (Å²) in [4.78, 5) is 30.5. The van der Waals surface area contributed by atoms with Crippen molar-refractivity contribution in [3.05, 3.63) is 46.8 Å². The van der Waals surface area contributed by atoms with E-state index in [1.807, 2.05) is 11.1 Å². The molecule has 1 aromatic carbocycles. The van der Waals surface area contributed by atoms with Gasteiger partial charge in [-0.25, -0.2) is 14.6 Å². The molecule has 3 aliphatic rings. The number of carbonyl (C=O) groups is 2.